The van der Waals surface area contributed by atoms with Crippen LogP contribution in [0.1, 0.15) is 55.9 Å². The topological polar surface area (TPSA) is 98.3 Å². The molecule has 166 valence electrons. The van der Waals surface area contributed by atoms with Crippen LogP contribution in [-0.4, -0.2) is 43.0 Å². The Hall–Kier alpha value is -2.83. The molecule has 1 aliphatic heterocycles. The highest BCUT2D eigenvalue weighted by atomic mass is 16.6. The van der Waals surface area contributed by atoms with Gasteiger partial charge >= 0.3 is 5.97 Å². The number of amidine groups is 1. The first-order valence-corrected chi connectivity index (χ1v) is 11.3. The second-order valence-corrected chi connectivity index (χ2v) is 8.64. The molecule has 1 heterocycles. The number of aliphatic imine (C=N–C) groups is 2. The number of allylic oxidation sites excluding steroid dienone is 1. The van der Waals surface area contributed by atoms with E-state index in [1.807, 2.05) is 13.8 Å². The molecule has 7 heteroatoms. The molecule has 3 aliphatic rings. The van der Waals surface area contributed by atoms with Crippen LogP contribution in [-0.2, 0) is 40.0 Å². The van der Waals surface area contributed by atoms with Crippen LogP contribution in [0.3, 0.4) is 0 Å². The number of rotatable bonds is 6. The number of nitrogens with zero attached hydrogens (tertiary/aromatic N) is 2. The molecule has 0 amide bonds. The monoisotopic (exact) mass is 424 g/mol. The number of nitrogens with one attached hydrogen (secondary N) is 1. The van der Waals surface area contributed by atoms with Crippen molar-refractivity contribution in [2.75, 3.05) is 18.5 Å². The van der Waals surface area contributed by atoms with Gasteiger partial charge in [-0.25, -0.2) is 9.79 Å². The number of ether oxygens (including phenoxy) is 2. The molecule has 0 saturated heterocycles. The molecule has 3 N–H and O–H groups in total. The zero-order valence-corrected chi connectivity index (χ0v) is 18.7. The Kier molecular flexibility index (Phi) is 6.03. The van der Waals surface area contributed by atoms with Crippen LogP contribution in [0, 0.1) is 0 Å². The third-order valence-electron chi connectivity index (χ3n) is 6.13. The number of benzene rings is 1. The predicted octanol–water partition coefficient (Wildman–Crippen LogP) is 3.09. The average molecular weight is 425 g/mol. The lowest BCUT2D eigenvalue weighted by Gasteiger charge is -2.26. The summed E-state index contributed by atoms with van der Waals surface area (Å²) < 4.78 is 11.4. The molecule has 7 nitrogen and oxygen atoms in total. The maximum atomic E-state index is 12.9. The third kappa shape index (κ3) is 4.05. The SMILES string of the molecule is CCOC(=O)C1(/C(N)=C/C=NC(C)C)CN=C(Nc2c3c(cc4c2CCC4)CCC3)O1. The van der Waals surface area contributed by atoms with Gasteiger partial charge in [-0.15, -0.1) is 0 Å². The van der Waals surface area contributed by atoms with Crippen LogP contribution < -0.4 is 11.1 Å². The summed E-state index contributed by atoms with van der Waals surface area (Å²) in [6.07, 6.45) is 9.87. The average Bonchev–Trinajstić information content (AvgIpc) is 3.47. The smallest absolute Gasteiger partial charge is 0.358 e. The van der Waals surface area contributed by atoms with Crippen LogP contribution in [0.5, 0.6) is 0 Å². The molecule has 0 fully saturated rings. The summed E-state index contributed by atoms with van der Waals surface area (Å²) in [5.41, 5.74) is 11.7. The number of hydrogen-bond donors (Lipinski definition) is 2. The number of carbonyl (C=O) groups excluding carboxylic acids is 1. The van der Waals surface area contributed by atoms with Crippen molar-refractivity contribution in [2.24, 2.45) is 15.7 Å². The van der Waals surface area contributed by atoms with E-state index in [1.54, 1.807) is 19.2 Å². The van der Waals surface area contributed by atoms with Crippen LogP contribution in [0.15, 0.2) is 27.8 Å². The molecular formula is C24H32N4O3. The van der Waals surface area contributed by atoms with E-state index in [-0.39, 0.29) is 24.9 Å². The Morgan fingerprint density at radius 3 is 2.58 bits per heavy atom. The Bertz CT molecular complexity index is 932. The van der Waals surface area contributed by atoms with Gasteiger partial charge in [-0.05, 0) is 87.6 Å². The van der Waals surface area contributed by atoms with Gasteiger partial charge in [0.05, 0.1) is 12.3 Å². The van der Waals surface area contributed by atoms with Crippen molar-refractivity contribution in [3.63, 3.8) is 0 Å². The first-order chi connectivity index (χ1) is 14.9. The van der Waals surface area contributed by atoms with E-state index in [0.29, 0.717) is 6.02 Å². The van der Waals surface area contributed by atoms with E-state index in [1.165, 1.54) is 22.3 Å². The number of anilines is 1. The normalized spacial score (nSPS) is 22.5. The molecule has 0 radical (unpaired) electrons. The molecule has 1 aromatic rings. The summed E-state index contributed by atoms with van der Waals surface area (Å²) >= 11 is 0. The Morgan fingerprint density at radius 1 is 1.29 bits per heavy atom. The van der Waals surface area contributed by atoms with Crippen molar-refractivity contribution in [3.05, 3.63) is 40.1 Å². The minimum absolute atomic E-state index is 0.0727. The van der Waals surface area contributed by atoms with Gasteiger partial charge in [0, 0.05) is 17.9 Å². The molecule has 2 aliphatic carbocycles. The third-order valence-corrected chi connectivity index (χ3v) is 6.13. The van der Waals surface area contributed by atoms with Gasteiger partial charge in [0.2, 0.25) is 0 Å². The minimum atomic E-state index is -1.47. The predicted molar refractivity (Wildman–Crippen MR) is 123 cm³/mol. The van der Waals surface area contributed by atoms with Gasteiger partial charge in [0.15, 0.2) is 0 Å². The summed E-state index contributed by atoms with van der Waals surface area (Å²) in [5, 5.41) is 3.43. The van der Waals surface area contributed by atoms with Gasteiger partial charge in [-0.3, -0.25) is 4.99 Å². The Balaban J connectivity index is 1.61. The highest BCUT2D eigenvalue weighted by Crippen LogP contribution is 2.39. The van der Waals surface area contributed by atoms with Gasteiger partial charge < -0.3 is 20.5 Å². The first-order valence-electron chi connectivity index (χ1n) is 11.3. The van der Waals surface area contributed by atoms with E-state index in [4.69, 9.17) is 15.2 Å². The molecule has 1 unspecified atom stereocenters. The summed E-state index contributed by atoms with van der Waals surface area (Å²) in [4.78, 5) is 21.7. The van der Waals surface area contributed by atoms with E-state index >= 15 is 0 Å². The molecule has 1 atom stereocenters. The van der Waals surface area contributed by atoms with Crippen LogP contribution in [0.25, 0.3) is 0 Å². The number of esters is 1. The molecule has 0 bridgehead atoms. The maximum absolute atomic E-state index is 12.9. The molecule has 0 saturated carbocycles. The van der Waals surface area contributed by atoms with Crippen molar-refractivity contribution < 1.29 is 14.3 Å². The quantitative estimate of drug-likeness (QED) is 0.540. The lowest BCUT2D eigenvalue weighted by Crippen LogP contribution is -2.49. The summed E-state index contributed by atoms with van der Waals surface area (Å²) in [7, 11) is 0. The van der Waals surface area contributed by atoms with E-state index in [9.17, 15) is 4.79 Å². The number of carbonyl (C=O) groups is 1. The highest BCUT2D eigenvalue weighted by Gasteiger charge is 2.50. The maximum Gasteiger partial charge on any atom is 0.358 e. The molecule has 0 spiro atoms. The molecular weight excluding hydrogens is 392 g/mol. The second kappa shape index (κ2) is 8.73. The molecule has 0 aromatic heterocycles. The van der Waals surface area contributed by atoms with Crippen molar-refractivity contribution in [1.82, 2.24) is 0 Å². The van der Waals surface area contributed by atoms with Crippen molar-refractivity contribution in [2.45, 2.75) is 70.9 Å². The fraction of sp³-hybridized carbons (Fsp3) is 0.542. The van der Waals surface area contributed by atoms with Crippen LogP contribution in [0.4, 0.5) is 5.69 Å². The number of nitrogens with two attached hydrogens (primary N) is 1. The fourth-order valence-electron chi connectivity index (χ4n) is 4.60. The zero-order chi connectivity index (χ0) is 22.0. The largest absolute Gasteiger partial charge is 0.463 e. The van der Waals surface area contributed by atoms with E-state index in [2.05, 4.69) is 21.4 Å². The Morgan fingerprint density at radius 2 is 1.97 bits per heavy atom. The lowest BCUT2D eigenvalue weighted by atomic mass is 9.99. The van der Waals surface area contributed by atoms with Crippen molar-refractivity contribution in [1.29, 1.82) is 0 Å². The summed E-state index contributed by atoms with van der Waals surface area (Å²) in [6, 6.07) is 2.83. The van der Waals surface area contributed by atoms with Gasteiger partial charge in [0.25, 0.3) is 11.6 Å². The Labute approximate surface area is 183 Å². The number of hydrogen-bond acceptors (Lipinski definition) is 7. The van der Waals surface area contributed by atoms with Crippen LogP contribution in [0.2, 0.25) is 0 Å². The van der Waals surface area contributed by atoms with Crippen molar-refractivity contribution in [3.8, 4) is 0 Å². The van der Waals surface area contributed by atoms with E-state index in [0.717, 1.165) is 44.2 Å². The summed E-state index contributed by atoms with van der Waals surface area (Å²) in [5.74, 6) is -0.536. The minimum Gasteiger partial charge on any atom is -0.463 e. The van der Waals surface area contributed by atoms with Crippen LogP contribution >= 0.6 is 0 Å². The highest BCUT2D eigenvalue weighted by molar-refractivity contribution is 5.98. The molecule has 1 aromatic carbocycles. The van der Waals surface area contributed by atoms with Crippen molar-refractivity contribution >= 4 is 23.9 Å². The van der Waals surface area contributed by atoms with E-state index < -0.39 is 11.6 Å². The fourth-order valence-corrected chi connectivity index (χ4v) is 4.60. The first kappa shape index (κ1) is 21.4. The number of fused-ring (bicyclic) bond motifs is 2. The van der Waals surface area contributed by atoms with Gasteiger partial charge in [-0.1, -0.05) is 6.07 Å². The lowest BCUT2D eigenvalue weighted by molar-refractivity contribution is -0.157. The van der Waals surface area contributed by atoms with Gasteiger partial charge in [-0.2, -0.15) is 0 Å². The second-order valence-electron chi connectivity index (χ2n) is 8.64. The van der Waals surface area contributed by atoms with Gasteiger partial charge in [0.1, 0.15) is 6.54 Å². The molecule has 31 heavy (non-hydrogen) atoms. The number of aryl methyl sites for hydroxylation is 2. The zero-order valence-electron chi connectivity index (χ0n) is 18.7. The molecule has 4 rings (SSSR count). The standard InChI is InChI=1S/C24H32N4O3/c1-4-30-22(29)24(20(25)11-12-26-15(2)3)14-27-23(31-24)28-21-18-9-5-7-16(18)13-17-8-6-10-19(17)21/h11-13,15H,4-10,14,25H2,1-3H3,(H,27,28)/b20-11-,26-12?. The summed E-state index contributed by atoms with van der Waals surface area (Å²) in [6.45, 7) is 6.01.